The van der Waals surface area contributed by atoms with Crippen LogP contribution in [0, 0.1) is 11.2 Å². The normalized spacial score (nSPS) is 27.5. The number of hydrogen-bond acceptors (Lipinski definition) is 5. The Labute approximate surface area is 183 Å². The third kappa shape index (κ3) is 4.16. The molecule has 0 spiro atoms. The highest BCUT2D eigenvalue weighted by atomic mass is 19.1. The molecule has 0 unspecified atom stereocenters. The molecular weight excluding hydrogens is 399 g/mol. The molecule has 0 aromatic heterocycles. The van der Waals surface area contributed by atoms with Gasteiger partial charge in [0.25, 0.3) is 0 Å². The summed E-state index contributed by atoms with van der Waals surface area (Å²) >= 11 is 0. The largest absolute Gasteiger partial charge is 0.465 e. The van der Waals surface area contributed by atoms with Gasteiger partial charge in [0.05, 0.1) is 12.7 Å². The zero-order chi connectivity index (χ0) is 22.6. The van der Waals surface area contributed by atoms with E-state index in [2.05, 4.69) is 11.8 Å². The Hall–Kier alpha value is -2.15. The maximum atomic E-state index is 14.7. The molecule has 2 bridgehead atoms. The molecule has 1 aromatic carbocycles. The summed E-state index contributed by atoms with van der Waals surface area (Å²) < 4.78 is 25.1. The molecule has 6 nitrogen and oxygen atoms in total. The Bertz CT molecular complexity index is 888. The Morgan fingerprint density at radius 1 is 1.26 bits per heavy atom. The summed E-state index contributed by atoms with van der Waals surface area (Å²) in [6.07, 6.45) is 3.31. The van der Waals surface area contributed by atoms with Crippen LogP contribution in [0.1, 0.15) is 68.4 Å². The lowest BCUT2D eigenvalue weighted by Gasteiger charge is -2.45. The average molecular weight is 433 g/mol. The summed E-state index contributed by atoms with van der Waals surface area (Å²) in [7, 11) is 1.31. The Morgan fingerprint density at radius 3 is 2.58 bits per heavy atom. The lowest BCUT2D eigenvalue weighted by molar-refractivity contribution is 0.0237. The van der Waals surface area contributed by atoms with Crippen molar-refractivity contribution in [3.8, 4) is 0 Å². The number of benzene rings is 1. The molecule has 7 heteroatoms. The summed E-state index contributed by atoms with van der Waals surface area (Å²) in [5.41, 5.74) is 1.40. The van der Waals surface area contributed by atoms with Crippen LogP contribution in [0.4, 0.5) is 9.18 Å². The average Bonchev–Trinajstić information content (AvgIpc) is 3.21. The minimum Gasteiger partial charge on any atom is -0.465 e. The number of nitrogens with zero attached hydrogens (tertiary/aromatic N) is 2. The molecule has 3 fully saturated rings. The summed E-state index contributed by atoms with van der Waals surface area (Å²) in [5.74, 6) is -0.843. The van der Waals surface area contributed by atoms with Crippen LogP contribution in [-0.2, 0) is 22.4 Å². The zero-order valence-corrected chi connectivity index (χ0v) is 19.2. The van der Waals surface area contributed by atoms with Crippen molar-refractivity contribution in [3.63, 3.8) is 0 Å². The quantitative estimate of drug-likeness (QED) is 0.669. The number of ether oxygens (including phenoxy) is 2. The number of methoxy groups -OCH3 is 1. The summed E-state index contributed by atoms with van der Waals surface area (Å²) in [6, 6.07) is 3.56. The molecule has 2 saturated heterocycles. The predicted octanol–water partition coefficient (Wildman–Crippen LogP) is 4.15. The lowest BCUT2D eigenvalue weighted by Crippen LogP contribution is -2.49. The van der Waals surface area contributed by atoms with Gasteiger partial charge in [-0.05, 0) is 69.7 Å². The SMILES string of the molecule is CC[C@H]1Cc2c(F)cc(C(=O)OC)cc2CN1CC12CC(C1)N(C(=O)OC(C)(C)C)C2. The van der Waals surface area contributed by atoms with Crippen molar-refractivity contribution in [1.29, 1.82) is 0 Å². The molecule has 5 rings (SSSR count). The lowest BCUT2D eigenvalue weighted by atomic mass is 9.69. The molecule has 170 valence electrons. The van der Waals surface area contributed by atoms with Crippen LogP contribution in [0.5, 0.6) is 0 Å². The van der Waals surface area contributed by atoms with E-state index in [0.29, 0.717) is 25.1 Å². The van der Waals surface area contributed by atoms with Gasteiger partial charge in [0, 0.05) is 37.1 Å². The van der Waals surface area contributed by atoms with Gasteiger partial charge in [0.15, 0.2) is 0 Å². The molecular formula is C24H33FN2O4. The van der Waals surface area contributed by atoms with E-state index in [9.17, 15) is 14.0 Å². The molecule has 3 aliphatic heterocycles. The zero-order valence-electron chi connectivity index (χ0n) is 19.2. The third-order valence-electron chi connectivity index (χ3n) is 6.96. The standard InChI is InChI=1S/C24H33FN2O4/c1-6-17-9-19-16(7-15(8-20(19)25)21(28)30-5)12-26(17)13-24-10-18(11-24)27(14-24)22(29)31-23(2,3)4/h7-8,17-18H,6,9-14H2,1-5H3/t17-,18?,24?/m0/s1. The third-order valence-corrected chi connectivity index (χ3v) is 6.96. The van der Waals surface area contributed by atoms with Gasteiger partial charge in [0.2, 0.25) is 0 Å². The maximum Gasteiger partial charge on any atom is 0.410 e. The first-order chi connectivity index (χ1) is 14.5. The van der Waals surface area contributed by atoms with Crippen molar-refractivity contribution in [2.24, 2.45) is 5.41 Å². The summed E-state index contributed by atoms with van der Waals surface area (Å²) in [5, 5.41) is 0. The number of carbonyl (C=O) groups is 2. The molecule has 1 amide bonds. The Balaban J connectivity index is 1.49. The number of rotatable bonds is 4. The van der Waals surface area contributed by atoms with Gasteiger partial charge in [-0.2, -0.15) is 0 Å². The van der Waals surface area contributed by atoms with Crippen molar-refractivity contribution in [2.45, 2.75) is 77.6 Å². The van der Waals surface area contributed by atoms with Crippen LogP contribution in [-0.4, -0.2) is 59.7 Å². The van der Waals surface area contributed by atoms with E-state index in [1.54, 1.807) is 6.07 Å². The number of esters is 1. The molecule has 3 heterocycles. The van der Waals surface area contributed by atoms with Crippen LogP contribution in [0.25, 0.3) is 0 Å². The summed E-state index contributed by atoms with van der Waals surface area (Å²) in [4.78, 5) is 28.8. The van der Waals surface area contributed by atoms with Crippen molar-refractivity contribution in [3.05, 3.63) is 34.6 Å². The number of halogens is 1. The van der Waals surface area contributed by atoms with Gasteiger partial charge in [-0.1, -0.05) is 6.92 Å². The van der Waals surface area contributed by atoms with Crippen LogP contribution >= 0.6 is 0 Å². The first-order valence-electron chi connectivity index (χ1n) is 11.2. The van der Waals surface area contributed by atoms with E-state index in [4.69, 9.17) is 9.47 Å². The second-order valence-corrected chi connectivity index (χ2v) is 10.4. The number of carbonyl (C=O) groups excluding carboxylic acids is 2. The minimum absolute atomic E-state index is 0.0744. The molecule has 4 aliphatic rings. The Morgan fingerprint density at radius 2 is 1.97 bits per heavy atom. The van der Waals surface area contributed by atoms with Gasteiger partial charge < -0.3 is 14.4 Å². The summed E-state index contributed by atoms with van der Waals surface area (Å²) in [6.45, 7) is 9.98. The smallest absolute Gasteiger partial charge is 0.410 e. The van der Waals surface area contributed by atoms with Gasteiger partial charge in [-0.3, -0.25) is 4.90 Å². The predicted molar refractivity (Wildman–Crippen MR) is 114 cm³/mol. The van der Waals surface area contributed by atoms with Gasteiger partial charge in [0.1, 0.15) is 11.4 Å². The maximum absolute atomic E-state index is 14.7. The van der Waals surface area contributed by atoms with E-state index < -0.39 is 11.6 Å². The van der Waals surface area contributed by atoms with Crippen molar-refractivity contribution < 1.29 is 23.5 Å². The second kappa shape index (κ2) is 7.76. The van der Waals surface area contributed by atoms with Crippen LogP contribution < -0.4 is 0 Å². The molecule has 1 atom stereocenters. The van der Waals surface area contributed by atoms with Crippen molar-refractivity contribution in [2.75, 3.05) is 20.2 Å². The highest BCUT2D eigenvalue weighted by Gasteiger charge is 2.58. The van der Waals surface area contributed by atoms with Gasteiger partial charge in [-0.15, -0.1) is 0 Å². The van der Waals surface area contributed by atoms with Crippen LogP contribution in [0.15, 0.2) is 12.1 Å². The number of hydrogen-bond donors (Lipinski definition) is 0. The fourth-order valence-corrected chi connectivity index (χ4v) is 5.52. The molecule has 1 saturated carbocycles. The molecule has 0 N–H and O–H groups in total. The highest BCUT2D eigenvalue weighted by molar-refractivity contribution is 5.89. The van der Waals surface area contributed by atoms with Crippen molar-refractivity contribution in [1.82, 2.24) is 9.80 Å². The number of amides is 1. The van der Waals surface area contributed by atoms with E-state index in [1.807, 2.05) is 25.7 Å². The highest BCUT2D eigenvalue weighted by Crippen LogP contribution is 2.53. The minimum atomic E-state index is -0.518. The van der Waals surface area contributed by atoms with Gasteiger partial charge in [-0.25, -0.2) is 14.0 Å². The molecule has 1 aliphatic carbocycles. The first-order valence-corrected chi connectivity index (χ1v) is 11.2. The first kappa shape index (κ1) is 22.1. The van der Waals surface area contributed by atoms with Gasteiger partial charge >= 0.3 is 12.1 Å². The monoisotopic (exact) mass is 432 g/mol. The van der Waals surface area contributed by atoms with E-state index in [-0.39, 0.29) is 35.0 Å². The van der Waals surface area contributed by atoms with Crippen LogP contribution in [0.2, 0.25) is 0 Å². The van der Waals surface area contributed by atoms with Crippen molar-refractivity contribution >= 4 is 12.1 Å². The fourth-order valence-electron chi connectivity index (χ4n) is 5.52. The topological polar surface area (TPSA) is 59.1 Å². The molecule has 0 radical (unpaired) electrons. The second-order valence-electron chi connectivity index (χ2n) is 10.4. The molecule has 31 heavy (non-hydrogen) atoms. The number of fused-ring (bicyclic) bond motifs is 2. The van der Waals surface area contributed by atoms with Crippen LogP contribution in [0.3, 0.4) is 0 Å². The van der Waals surface area contributed by atoms with E-state index in [0.717, 1.165) is 31.4 Å². The van der Waals surface area contributed by atoms with E-state index >= 15 is 0 Å². The fraction of sp³-hybridized carbons (Fsp3) is 0.667. The van der Waals surface area contributed by atoms with E-state index in [1.165, 1.54) is 13.2 Å². The molecule has 1 aromatic rings. The Kier molecular flexibility index (Phi) is 5.53.